The number of aromatic amines is 1. The molecule has 1 amide bonds. The van der Waals surface area contributed by atoms with E-state index in [-0.39, 0.29) is 18.5 Å². The lowest BCUT2D eigenvalue weighted by molar-refractivity contribution is -0.118. The number of nitrogens with zero attached hydrogens (tertiary/aromatic N) is 6. The minimum absolute atomic E-state index is 0.0713. The molecule has 5 heterocycles. The molecule has 0 unspecified atom stereocenters. The topological polar surface area (TPSA) is 138 Å². The van der Waals surface area contributed by atoms with Crippen molar-refractivity contribution in [2.24, 2.45) is 0 Å². The van der Waals surface area contributed by atoms with Gasteiger partial charge in [0.05, 0.1) is 18.3 Å². The zero-order valence-corrected chi connectivity index (χ0v) is 19.9. The number of H-pyrrole nitrogens is 1. The first-order valence-electron chi connectivity index (χ1n) is 11.6. The quantitative estimate of drug-likeness (QED) is 0.353. The first kappa shape index (κ1) is 23.0. The van der Waals surface area contributed by atoms with Gasteiger partial charge in [0.15, 0.2) is 11.6 Å². The summed E-state index contributed by atoms with van der Waals surface area (Å²) in [6, 6.07) is 11.2. The Morgan fingerprint density at radius 3 is 2.92 bits per heavy atom. The molecule has 36 heavy (non-hydrogen) atoms. The normalized spacial score (nSPS) is 14.8. The fourth-order valence-electron chi connectivity index (χ4n) is 3.99. The van der Waals surface area contributed by atoms with E-state index in [4.69, 9.17) is 14.5 Å². The van der Waals surface area contributed by atoms with Crippen LogP contribution in [0.5, 0.6) is 0 Å². The van der Waals surface area contributed by atoms with E-state index in [1.165, 1.54) is 6.92 Å². The van der Waals surface area contributed by atoms with Crippen molar-refractivity contribution < 1.29 is 9.32 Å². The molecule has 0 aromatic carbocycles. The minimum Gasteiger partial charge on any atom is -0.358 e. The number of hydrogen-bond acceptors (Lipinski definition) is 9. The number of amides is 1. The number of rotatable bonds is 6. The molecule has 0 radical (unpaired) electrons. The fourth-order valence-corrected chi connectivity index (χ4v) is 3.99. The molecule has 1 aliphatic rings. The summed E-state index contributed by atoms with van der Waals surface area (Å²) >= 11 is 0. The predicted molar refractivity (Wildman–Crippen MR) is 133 cm³/mol. The smallest absolute Gasteiger partial charge is 0.229 e. The van der Waals surface area contributed by atoms with E-state index < -0.39 is 0 Å². The Morgan fingerprint density at radius 1 is 1.22 bits per heavy atom. The third kappa shape index (κ3) is 5.33. The van der Waals surface area contributed by atoms with Crippen LogP contribution < -0.4 is 15.5 Å². The number of aryl methyl sites for hydroxylation is 1. The van der Waals surface area contributed by atoms with Gasteiger partial charge in [-0.05, 0) is 37.8 Å². The third-order valence-electron chi connectivity index (χ3n) is 5.61. The van der Waals surface area contributed by atoms with Gasteiger partial charge in [-0.1, -0.05) is 17.1 Å². The second-order valence-corrected chi connectivity index (χ2v) is 8.39. The average Bonchev–Trinajstić information content (AvgIpc) is 3.63. The Hall–Kier alpha value is -4.72. The van der Waals surface area contributed by atoms with E-state index in [9.17, 15) is 4.79 Å². The lowest BCUT2D eigenvalue weighted by atomic mass is 10.1. The van der Waals surface area contributed by atoms with E-state index in [1.807, 2.05) is 37.3 Å². The van der Waals surface area contributed by atoms with Gasteiger partial charge in [-0.15, -0.1) is 0 Å². The van der Waals surface area contributed by atoms with Gasteiger partial charge >= 0.3 is 0 Å². The monoisotopic (exact) mass is 483 g/mol. The number of anilines is 3. The third-order valence-corrected chi connectivity index (χ3v) is 5.61. The van der Waals surface area contributed by atoms with Crippen LogP contribution in [0.15, 0.2) is 47.1 Å². The van der Waals surface area contributed by atoms with Crippen LogP contribution in [-0.4, -0.2) is 49.3 Å². The van der Waals surface area contributed by atoms with Gasteiger partial charge in [0, 0.05) is 43.6 Å². The van der Waals surface area contributed by atoms with Crippen molar-refractivity contribution in [3.8, 4) is 23.2 Å². The molecule has 11 heteroatoms. The molecule has 11 nitrogen and oxygen atoms in total. The van der Waals surface area contributed by atoms with Gasteiger partial charge in [0.2, 0.25) is 11.9 Å². The van der Waals surface area contributed by atoms with Crippen molar-refractivity contribution in [3.63, 3.8) is 0 Å². The maximum absolute atomic E-state index is 11.2. The summed E-state index contributed by atoms with van der Waals surface area (Å²) in [5.74, 6) is 8.28. The molecule has 182 valence electrons. The van der Waals surface area contributed by atoms with Crippen LogP contribution in [0.1, 0.15) is 43.0 Å². The molecular formula is C25H25N9O2. The van der Waals surface area contributed by atoms with Gasteiger partial charge in [0.1, 0.15) is 17.2 Å². The maximum Gasteiger partial charge on any atom is 0.229 e. The van der Waals surface area contributed by atoms with Crippen LogP contribution in [0.4, 0.5) is 17.6 Å². The highest BCUT2D eigenvalue weighted by atomic mass is 16.5. The van der Waals surface area contributed by atoms with Crippen molar-refractivity contribution in [1.82, 2.24) is 35.6 Å². The van der Waals surface area contributed by atoms with Gasteiger partial charge in [0.25, 0.3) is 0 Å². The van der Waals surface area contributed by atoms with Crippen LogP contribution >= 0.6 is 0 Å². The Kier molecular flexibility index (Phi) is 6.57. The van der Waals surface area contributed by atoms with Gasteiger partial charge in [-0.25, -0.2) is 4.98 Å². The van der Waals surface area contributed by atoms with Crippen LogP contribution in [0.25, 0.3) is 11.4 Å². The number of carbonyl (C=O) groups is 1. The second kappa shape index (κ2) is 10.3. The Bertz CT molecular complexity index is 1420. The summed E-state index contributed by atoms with van der Waals surface area (Å²) in [6.07, 6.45) is 3.56. The summed E-state index contributed by atoms with van der Waals surface area (Å²) in [4.78, 5) is 27.1. The summed E-state index contributed by atoms with van der Waals surface area (Å²) in [5, 5.41) is 17.3. The van der Waals surface area contributed by atoms with Crippen molar-refractivity contribution in [1.29, 1.82) is 0 Å². The second-order valence-electron chi connectivity index (χ2n) is 8.39. The van der Waals surface area contributed by atoms with E-state index in [2.05, 4.69) is 47.7 Å². The highest BCUT2D eigenvalue weighted by molar-refractivity contribution is 5.73. The van der Waals surface area contributed by atoms with Crippen LogP contribution in [-0.2, 0) is 4.79 Å². The van der Waals surface area contributed by atoms with Crippen molar-refractivity contribution in [3.05, 3.63) is 59.7 Å². The largest absolute Gasteiger partial charge is 0.358 e. The Labute approximate surface area is 207 Å². The van der Waals surface area contributed by atoms with E-state index >= 15 is 0 Å². The molecule has 0 bridgehead atoms. The van der Waals surface area contributed by atoms with Crippen molar-refractivity contribution in [2.45, 2.75) is 32.7 Å². The summed E-state index contributed by atoms with van der Waals surface area (Å²) < 4.78 is 5.73. The molecule has 4 aromatic rings. The number of nitrogens with one attached hydrogen (secondary N) is 3. The lowest BCUT2D eigenvalue weighted by Gasteiger charge is -2.23. The zero-order valence-electron chi connectivity index (χ0n) is 19.9. The van der Waals surface area contributed by atoms with E-state index in [0.29, 0.717) is 29.0 Å². The SMILES string of the molecule is CC(=O)NCC#Cc1cc(Nc2cc(C)[nH]n2)nc(N2CCC[C@H]2c2cc(-c3ccccn3)no2)n1. The molecule has 3 N–H and O–H groups in total. The van der Waals surface area contributed by atoms with Gasteiger partial charge in [-0.3, -0.25) is 14.9 Å². The van der Waals surface area contributed by atoms with Crippen LogP contribution in [0.3, 0.4) is 0 Å². The van der Waals surface area contributed by atoms with Crippen LogP contribution in [0.2, 0.25) is 0 Å². The zero-order chi connectivity index (χ0) is 24.9. The first-order chi connectivity index (χ1) is 17.5. The Morgan fingerprint density at radius 2 is 2.14 bits per heavy atom. The first-order valence-corrected chi connectivity index (χ1v) is 11.6. The summed E-state index contributed by atoms with van der Waals surface area (Å²) in [7, 11) is 0. The molecule has 0 saturated carbocycles. The van der Waals surface area contributed by atoms with E-state index in [1.54, 1.807) is 12.3 Å². The number of carbonyl (C=O) groups excluding carboxylic acids is 1. The number of aromatic nitrogens is 6. The molecule has 1 saturated heterocycles. The molecule has 5 rings (SSSR count). The molecule has 0 aliphatic carbocycles. The molecular weight excluding hydrogens is 458 g/mol. The molecule has 1 aliphatic heterocycles. The molecule has 0 spiro atoms. The molecule has 4 aromatic heterocycles. The van der Waals surface area contributed by atoms with Crippen molar-refractivity contribution >= 4 is 23.5 Å². The standard InChI is InChI=1S/C25H25N9O2/c1-16-13-24(32-31-16)29-23-14-18(7-5-11-26-17(2)35)28-25(30-23)34-12-6-9-21(34)22-15-20(33-36-22)19-8-3-4-10-27-19/h3-4,8,10,13-15,21H,6,9,11-12H2,1-2H3,(H,26,35)(H2,28,29,30,31,32)/t21-/m0/s1. The van der Waals surface area contributed by atoms with Crippen LogP contribution in [0, 0.1) is 18.8 Å². The van der Waals surface area contributed by atoms with Crippen molar-refractivity contribution in [2.75, 3.05) is 23.3 Å². The maximum atomic E-state index is 11.2. The Balaban J connectivity index is 1.44. The highest BCUT2D eigenvalue weighted by Crippen LogP contribution is 2.36. The summed E-state index contributed by atoms with van der Waals surface area (Å²) in [5.41, 5.74) is 2.89. The highest BCUT2D eigenvalue weighted by Gasteiger charge is 2.32. The molecule has 1 atom stereocenters. The van der Waals surface area contributed by atoms with Gasteiger partial charge < -0.3 is 20.1 Å². The van der Waals surface area contributed by atoms with Gasteiger partial charge in [-0.2, -0.15) is 10.1 Å². The summed E-state index contributed by atoms with van der Waals surface area (Å²) in [6.45, 7) is 4.37. The number of hydrogen-bond donors (Lipinski definition) is 3. The minimum atomic E-state index is -0.138. The number of pyridine rings is 1. The predicted octanol–water partition coefficient (Wildman–Crippen LogP) is 3.13. The van der Waals surface area contributed by atoms with E-state index in [0.717, 1.165) is 36.5 Å². The molecule has 1 fully saturated rings. The average molecular weight is 484 g/mol. The lowest BCUT2D eigenvalue weighted by Crippen LogP contribution is -2.25. The fraction of sp³-hybridized carbons (Fsp3) is 0.280.